The highest BCUT2D eigenvalue weighted by Gasteiger charge is 2.45. The van der Waals surface area contributed by atoms with E-state index in [1.165, 1.54) is 6.33 Å². The Morgan fingerprint density at radius 1 is 1.20 bits per heavy atom. The van der Waals surface area contributed by atoms with E-state index in [9.17, 15) is 9.59 Å². The zero-order valence-corrected chi connectivity index (χ0v) is 9.36. The molecule has 15 heavy (non-hydrogen) atoms. The second-order valence-corrected chi connectivity index (χ2v) is 5.94. The van der Waals surface area contributed by atoms with Crippen LogP contribution in [-0.2, 0) is 0 Å². The van der Waals surface area contributed by atoms with E-state index in [4.69, 9.17) is 0 Å². The summed E-state index contributed by atoms with van der Waals surface area (Å²) in [6.07, 6.45) is 1.42. The lowest BCUT2D eigenvalue weighted by molar-refractivity contribution is 0.0897. The van der Waals surface area contributed by atoms with Crippen molar-refractivity contribution >= 4 is 35.1 Å². The predicted molar refractivity (Wildman–Crippen MR) is 59.7 cm³/mol. The smallest absolute Gasteiger partial charge is 0.198 e. The van der Waals surface area contributed by atoms with E-state index in [-0.39, 0.29) is 22.1 Å². The van der Waals surface area contributed by atoms with Crippen LogP contribution in [0, 0.1) is 0 Å². The van der Waals surface area contributed by atoms with Crippen LogP contribution in [0.2, 0.25) is 0 Å². The first-order valence-corrected chi connectivity index (χ1v) is 6.74. The first kappa shape index (κ1) is 9.47. The number of ketones is 2. The summed E-state index contributed by atoms with van der Waals surface area (Å²) < 4.78 is 0. The van der Waals surface area contributed by atoms with E-state index in [1.807, 2.05) is 0 Å². The number of hydrogen-bond acceptors (Lipinski definition) is 5. The van der Waals surface area contributed by atoms with Gasteiger partial charge in [-0.2, -0.15) is 0 Å². The van der Waals surface area contributed by atoms with Crippen LogP contribution in [0.3, 0.4) is 0 Å². The average Bonchev–Trinajstić information content (AvgIpc) is 2.75. The lowest BCUT2D eigenvalue weighted by Crippen LogP contribution is -2.43. The predicted octanol–water partition coefficient (Wildman–Crippen LogP) is 1.01. The monoisotopic (exact) mass is 240 g/mol. The molecule has 3 rings (SSSR count). The first-order chi connectivity index (χ1) is 7.29. The minimum absolute atomic E-state index is 0.00745. The van der Waals surface area contributed by atoms with E-state index in [1.54, 1.807) is 23.5 Å². The van der Waals surface area contributed by atoms with Crippen molar-refractivity contribution in [3.8, 4) is 0 Å². The van der Waals surface area contributed by atoms with Gasteiger partial charge in [0.1, 0.15) is 11.4 Å². The number of nitrogens with zero attached hydrogens (tertiary/aromatic N) is 1. The molecule has 0 saturated carbocycles. The molecule has 1 aliphatic heterocycles. The van der Waals surface area contributed by atoms with Gasteiger partial charge in [0.25, 0.3) is 0 Å². The Labute approximate surface area is 94.6 Å². The van der Waals surface area contributed by atoms with Crippen molar-refractivity contribution in [2.45, 2.75) is 10.5 Å². The van der Waals surface area contributed by atoms with Crippen molar-refractivity contribution in [3.63, 3.8) is 0 Å². The standard InChI is InChI=1S/C9H8N2O2S2/c12-6-4-5(11-3-10-4)7(13)9-8(6)14-1-2-15-9/h3,8-9H,1-2H2,(H,10,11). The number of fused-ring (bicyclic) bond motifs is 2. The normalized spacial score (nSPS) is 29.9. The maximum absolute atomic E-state index is 12.0. The number of rotatable bonds is 0. The minimum atomic E-state index is -0.216. The molecule has 1 aromatic rings. The van der Waals surface area contributed by atoms with Gasteiger partial charge < -0.3 is 4.98 Å². The van der Waals surface area contributed by atoms with Gasteiger partial charge in [0.05, 0.1) is 16.8 Å². The average molecular weight is 240 g/mol. The highest BCUT2D eigenvalue weighted by atomic mass is 32.2. The van der Waals surface area contributed by atoms with Crippen molar-refractivity contribution in [1.29, 1.82) is 0 Å². The summed E-state index contributed by atoms with van der Waals surface area (Å²) in [5.74, 6) is 1.91. The van der Waals surface area contributed by atoms with Crippen molar-refractivity contribution in [3.05, 3.63) is 17.7 Å². The minimum Gasteiger partial charge on any atom is -0.342 e. The Hall–Kier alpha value is -0.750. The number of aromatic nitrogens is 2. The SMILES string of the molecule is O=C1c2nc[nH]c2C(=O)C2SCCSC12. The molecule has 1 aliphatic carbocycles. The van der Waals surface area contributed by atoms with Crippen molar-refractivity contribution in [2.24, 2.45) is 0 Å². The molecule has 0 amide bonds. The zero-order valence-electron chi connectivity index (χ0n) is 7.73. The lowest BCUT2D eigenvalue weighted by atomic mass is 9.97. The van der Waals surface area contributed by atoms with Crippen molar-refractivity contribution in [2.75, 3.05) is 11.5 Å². The fourth-order valence-electron chi connectivity index (χ4n) is 1.90. The Balaban J connectivity index is 2.11. The molecule has 4 nitrogen and oxygen atoms in total. The molecule has 6 heteroatoms. The maximum Gasteiger partial charge on any atom is 0.198 e. The highest BCUT2D eigenvalue weighted by Crippen LogP contribution is 2.38. The van der Waals surface area contributed by atoms with Crippen LogP contribution in [0.1, 0.15) is 21.0 Å². The third-order valence-corrected chi connectivity index (χ3v) is 5.59. The van der Waals surface area contributed by atoms with Gasteiger partial charge >= 0.3 is 0 Å². The van der Waals surface area contributed by atoms with E-state index >= 15 is 0 Å². The quantitative estimate of drug-likeness (QED) is 0.733. The molecule has 0 aromatic carbocycles. The van der Waals surface area contributed by atoms with E-state index < -0.39 is 0 Å². The van der Waals surface area contributed by atoms with Gasteiger partial charge in [0.15, 0.2) is 11.6 Å². The van der Waals surface area contributed by atoms with E-state index in [2.05, 4.69) is 9.97 Å². The molecular formula is C9H8N2O2S2. The number of nitrogens with one attached hydrogen (secondary N) is 1. The van der Waals surface area contributed by atoms with Gasteiger partial charge in [0, 0.05) is 11.5 Å². The Bertz CT molecular complexity index is 405. The number of hydrogen-bond donors (Lipinski definition) is 1. The molecule has 0 bridgehead atoms. The number of imidazole rings is 1. The fraction of sp³-hybridized carbons (Fsp3) is 0.444. The summed E-state index contributed by atoms with van der Waals surface area (Å²) >= 11 is 3.17. The summed E-state index contributed by atoms with van der Waals surface area (Å²) in [5.41, 5.74) is 0.729. The Morgan fingerprint density at radius 3 is 2.60 bits per heavy atom. The van der Waals surface area contributed by atoms with Crippen LogP contribution < -0.4 is 0 Å². The third kappa shape index (κ3) is 1.28. The van der Waals surface area contributed by atoms with Crippen molar-refractivity contribution in [1.82, 2.24) is 9.97 Å². The van der Waals surface area contributed by atoms with E-state index in [0.717, 1.165) is 11.5 Å². The fourth-order valence-corrected chi connectivity index (χ4v) is 4.78. The van der Waals surface area contributed by atoms with Crippen LogP contribution >= 0.6 is 23.5 Å². The summed E-state index contributed by atoms with van der Waals surface area (Å²) in [4.78, 5) is 30.7. The largest absolute Gasteiger partial charge is 0.342 e. The Kier molecular flexibility index (Phi) is 2.14. The van der Waals surface area contributed by atoms with Crippen LogP contribution in [0.25, 0.3) is 0 Å². The number of H-pyrrole nitrogens is 1. The van der Waals surface area contributed by atoms with Gasteiger partial charge in [0.2, 0.25) is 0 Å². The number of Topliss-reactive ketones (excluding diaryl/α,β-unsaturated/α-hetero) is 2. The van der Waals surface area contributed by atoms with Gasteiger partial charge in [-0.05, 0) is 0 Å². The summed E-state index contributed by atoms with van der Waals surface area (Å²) in [6, 6.07) is 0. The Morgan fingerprint density at radius 2 is 1.87 bits per heavy atom. The second kappa shape index (κ2) is 3.38. The molecule has 78 valence electrons. The number of carbonyl (C=O) groups excluding carboxylic acids is 2. The second-order valence-electron chi connectivity index (χ2n) is 3.44. The number of thioether (sulfide) groups is 2. The number of carbonyl (C=O) groups is 2. The third-order valence-electron chi connectivity index (χ3n) is 2.59. The van der Waals surface area contributed by atoms with Crippen LogP contribution in [0.4, 0.5) is 0 Å². The van der Waals surface area contributed by atoms with E-state index in [0.29, 0.717) is 11.4 Å². The lowest BCUT2D eigenvalue weighted by Gasteiger charge is -2.30. The van der Waals surface area contributed by atoms with Gasteiger partial charge in [-0.15, -0.1) is 23.5 Å². The van der Waals surface area contributed by atoms with Crippen molar-refractivity contribution < 1.29 is 9.59 Å². The molecular weight excluding hydrogens is 232 g/mol. The molecule has 2 unspecified atom stereocenters. The molecule has 0 spiro atoms. The first-order valence-electron chi connectivity index (χ1n) is 4.64. The molecule has 2 heterocycles. The molecule has 1 aromatic heterocycles. The topological polar surface area (TPSA) is 62.8 Å². The summed E-state index contributed by atoms with van der Waals surface area (Å²) in [6.45, 7) is 0. The zero-order chi connectivity index (χ0) is 10.4. The van der Waals surface area contributed by atoms with Gasteiger partial charge in [-0.1, -0.05) is 0 Å². The summed E-state index contributed by atoms with van der Waals surface area (Å²) in [5, 5.41) is -0.420. The molecule has 2 atom stereocenters. The van der Waals surface area contributed by atoms with Crippen LogP contribution in [0.15, 0.2) is 6.33 Å². The molecule has 1 N–H and O–H groups in total. The van der Waals surface area contributed by atoms with Gasteiger partial charge in [-0.25, -0.2) is 4.98 Å². The molecule has 2 aliphatic rings. The highest BCUT2D eigenvalue weighted by molar-refractivity contribution is 8.08. The maximum atomic E-state index is 12.0. The number of aromatic amines is 1. The molecule has 1 saturated heterocycles. The van der Waals surface area contributed by atoms with Gasteiger partial charge in [-0.3, -0.25) is 9.59 Å². The molecule has 0 radical (unpaired) electrons. The summed E-state index contributed by atoms with van der Waals surface area (Å²) in [7, 11) is 0. The van der Waals surface area contributed by atoms with Crippen LogP contribution in [0.5, 0.6) is 0 Å². The van der Waals surface area contributed by atoms with Crippen LogP contribution in [-0.4, -0.2) is 43.5 Å². The molecule has 1 fully saturated rings.